The fraction of sp³-hybridized carbons (Fsp3) is 0.296. The third kappa shape index (κ3) is 5.59. The van der Waals surface area contributed by atoms with Crippen molar-refractivity contribution in [3.05, 3.63) is 83.9 Å². The van der Waals surface area contributed by atoms with Gasteiger partial charge < -0.3 is 14.8 Å². The minimum absolute atomic E-state index is 0.0317. The van der Waals surface area contributed by atoms with E-state index in [1.165, 1.54) is 31.9 Å². The first-order valence-corrected chi connectivity index (χ1v) is 13.0. The zero-order chi connectivity index (χ0) is 24.9. The fourth-order valence-electron chi connectivity index (χ4n) is 4.14. The van der Waals surface area contributed by atoms with E-state index in [1.807, 2.05) is 30.3 Å². The number of rotatable bonds is 11. The van der Waals surface area contributed by atoms with Crippen LogP contribution in [0.3, 0.4) is 0 Å². The van der Waals surface area contributed by atoms with Gasteiger partial charge in [0, 0.05) is 18.3 Å². The van der Waals surface area contributed by atoms with Crippen LogP contribution < -0.4 is 19.5 Å². The van der Waals surface area contributed by atoms with Crippen LogP contribution in [0.25, 0.3) is 0 Å². The van der Waals surface area contributed by atoms with Crippen LogP contribution >= 0.6 is 0 Å². The molecule has 0 heterocycles. The fourth-order valence-corrected chi connectivity index (χ4v) is 5.21. The molecule has 7 nitrogen and oxygen atoms in total. The van der Waals surface area contributed by atoms with Crippen molar-refractivity contribution in [3.8, 4) is 11.5 Å². The second kappa shape index (κ2) is 10.4. The molecule has 0 unspecified atom stereocenters. The molecule has 0 atom stereocenters. The molecule has 0 aromatic heterocycles. The van der Waals surface area contributed by atoms with Crippen molar-refractivity contribution in [2.45, 2.75) is 36.0 Å². The van der Waals surface area contributed by atoms with Crippen LogP contribution in [0.5, 0.6) is 11.5 Å². The van der Waals surface area contributed by atoms with Gasteiger partial charge in [0.2, 0.25) is 5.91 Å². The lowest BCUT2D eigenvalue weighted by Crippen LogP contribution is -2.35. The Morgan fingerprint density at radius 2 is 1.60 bits per heavy atom. The number of hydrogen-bond donors (Lipinski definition) is 2. The highest BCUT2D eigenvalue weighted by molar-refractivity contribution is 7.92. The summed E-state index contributed by atoms with van der Waals surface area (Å²) in [6, 6.07) is 21.7. The predicted molar refractivity (Wildman–Crippen MR) is 135 cm³/mol. The van der Waals surface area contributed by atoms with Gasteiger partial charge in [-0.15, -0.1) is 0 Å². The molecule has 1 aliphatic rings. The second-order valence-corrected chi connectivity index (χ2v) is 10.3. The molecule has 2 N–H and O–H groups in total. The van der Waals surface area contributed by atoms with Gasteiger partial charge in [0.25, 0.3) is 10.0 Å². The molecule has 0 spiro atoms. The lowest BCUT2D eigenvalue weighted by atomic mass is 9.94. The second-order valence-electron chi connectivity index (χ2n) is 8.63. The summed E-state index contributed by atoms with van der Waals surface area (Å²) in [6.45, 7) is 0.624. The van der Waals surface area contributed by atoms with E-state index in [9.17, 15) is 13.2 Å². The molecule has 1 fully saturated rings. The zero-order valence-corrected chi connectivity index (χ0v) is 20.7. The molecule has 0 bridgehead atoms. The Kier molecular flexibility index (Phi) is 7.31. The lowest BCUT2D eigenvalue weighted by Gasteiger charge is -2.17. The van der Waals surface area contributed by atoms with Crippen molar-refractivity contribution < 1.29 is 22.7 Å². The summed E-state index contributed by atoms with van der Waals surface area (Å²) in [7, 11) is -0.881. The molecule has 1 amide bonds. The average Bonchev–Trinajstić information content (AvgIpc) is 3.69. The van der Waals surface area contributed by atoms with E-state index in [1.54, 1.807) is 18.2 Å². The molecule has 3 aromatic carbocycles. The van der Waals surface area contributed by atoms with Gasteiger partial charge in [-0.3, -0.25) is 9.52 Å². The van der Waals surface area contributed by atoms with Crippen LogP contribution in [-0.4, -0.2) is 35.1 Å². The smallest absolute Gasteiger partial charge is 0.262 e. The summed E-state index contributed by atoms with van der Waals surface area (Å²) < 4.78 is 38.7. The van der Waals surface area contributed by atoms with Gasteiger partial charge in [0.05, 0.1) is 24.5 Å². The standard InChI is InChI=1S/C27H30N2O5S/c1-33-24-15-14-23(19-25(24)34-2)35(31,32)29-22-12-10-21(11-13-22)27(16-17-27)26(30)28-18-6-9-20-7-4-3-5-8-20/h3-5,7-8,10-15,19,29H,6,9,16-18H2,1-2H3,(H,28,30). The van der Waals surface area contributed by atoms with Crippen molar-refractivity contribution in [2.75, 3.05) is 25.5 Å². The topological polar surface area (TPSA) is 93.7 Å². The van der Waals surface area contributed by atoms with Gasteiger partial charge >= 0.3 is 0 Å². The lowest BCUT2D eigenvalue weighted by molar-refractivity contribution is -0.123. The Morgan fingerprint density at radius 1 is 0.914 bits per heavy atom. The maximum atomic E-state index is 12.9. The highest BCUT2D eigenvalue weighted by Crippen LogP contribution is 2.48. The summed E-state index contributed by atoms with van der Waals surface area (Å²) in [5.74, 6) is 0.810. The van der Waals surface area contributed by atoms with Gasteiger partial charge in [-0.2, -0.15) is 0 Å². The van der Waals surface area contributed by atoms with Crippen LogP contribution in [0, 0.1) is 0 Å². The van der Waals surface area contributed by atoms with Gasteiger partial charge in [-0.1, -0.05) is 42.5 Å². The Bertz CT molecular complexity index is 1270. The average molecular weight is 495 g/mol. The number of amides is 1. The zero-order valence-electron chi connectivity index (χ0n) is 19.9. The third-order valence-corrected chi connectivity index (χ3v) is 7.69. The van der Waals surface area contributed by atoms with Gasteiger partial charge in [0.15, 0.2) is 11.5 Å². The SMILES string of the molecule is COc1ccc(S(=O)(=O)Nc2ccc(C3(C(=O)NCCCc4ccccc4)CC3)cc2)cc1OC. The molecule has 1 saturated carbocycles. The predicted octanol–water partition coefficient (Wildman–Crippen LogP) is 4.29. The minimum Gasteiger partial charge on any atom is -0.493 e. The number of aryl methyl sites for hydroxylation is 1. The number of sulfonamides is 1. The molecular weight excluding hydrogens is 464 g/mol. The van der Waals surface area contributed by atoms with Crippen molar-refractivity contribution in [1.82, 2.24) is 5.32 Å². The van der Waals surface area contributed by atoms with Crippen LogP contribution in [-0.2, 0) is 26.7 Å². The van der Waals surface area contributed by atoms with Crippen molar-refractivity contribution >= 4 is 21.6 Å². The monoisotopic (exact) mass is 494 g/mol. The van der Waals surface area contributed by atoms with Crippen LogP contribution in [0.1, 0.15) is 30.4 Å². The number of nitrogens with one attached hydrogen (secondary N) is 2. The summed E-state index contributed by atoms with van der Waals surface area (Å²) >= 11 is 0. The Labute approximate surface area is 206 Å². The first-order valence-electron chi connectivity index (χ1n) is 11.6. The minimum atomic E-state index is -3.82. The highest BCUT2D eigenvalue weighted by atomic mass is 32.2. The number of ether oxygens (including phenoxy) is 2. The first-order chi connectivity index (χ1) is 16.9. The van der Waals surface area contributed by atoms with E-state index >= 15 is 0 Å². The van der Waals surface area contributed by atoms with E-state index in [0.29, 0.717) is 23.7 Å². The molecule has 8 heteroatoms. The third-order valence-electron chi connectivity index (χ3n) is 6.31. The number of hydrogen-bond acceptors (Lipinski definition) is 5. The molecule has 35 heavy (non-hydrogen) atoms. The van der Waals surface area contributed by atoms with Crippen LogP contribution in [0.2, 0.25) is 0 Å². The van der Waals surface area contributed by atoms with Crippen molar-refractivity contribution in [3.63, 3.8) is 0 Å². The van der Waals surface area contributed by atoms with E-state index in [2.05, 4.69) is 22.2 Å². The Balaban J connectivity index is 1.37. The summed E-state index contributed by atoms with van der Waals surface area (Å²) in [5.41, 5.74) is 2.05. The van der Waals surface area contributed by atoms with E-state index in [0.717, 1.165) is 31.2 Å². The molecule has 0 saturated heterocycles. The Morgan fingerprint density at radius 3 is 2.23 bits per heavy atom. The maximum Gasteiger partial charge on any atom is 0.262 e. The molecule has 1 aliphatic carbocycles. The van der Waals surface area contributed by atoms with E-state index < -0.39 is 15.4 Å². The Hall–Kier alpha value is -3.52. The molecular formula is C27H30N2O5S. The largest absolute Gasteiger partial charge is 0.493 e. The molecule has 184 valence electrons. The number of carbonyl (C=O) groups is 1. The number of methoxy groups -OCH3 is 2. The number of benzene rings is 3. The van der Waals surface area contributed by atoms with Crippen molar-refractivity contribution in [1.29, 1.82) is 0 Å². The summed E-state index contributed by atoms with van der Waals surface area (Å²) in [6.07, 6.45) is 3.37. The van der Waals surface area contributed by atoms with Crippen LogP contribution in [0.15, 0.2) is 77.7 Å². The molecule has 3 aromatic rings. The summed E-state index contributed by atoms with van der Waals surface area (Å²) in [4.78, 5) is 13.0. The summed E-state index contributed by atoms with van der Waals surface area (Å²) in [5, 5.41) is 3.08. The quantitative estimate of drug-likeness (QED) is 0.388. The van der Waals surface area contributed by atoms with Crippen LogP contribution in [0.4, 0.5) is 5.69 Å². The van der Waals surface area contributed by atoms with E-state index in [-0.39, 0.29) is 10.8 Å². The molecule has 4 rings (SSSR count). The van der Waals surface area contributed by atoms with Gasteiger partial charge in [0.1, 0.15) is 0 Å². The highest BCUT2D eigenvalue weighted by Gasteiger charge is 2.51. The maximum absolute atomic E-state index is 12.9. The normalized spacial score (nSPS) is 14.1. The number of carbonyl (C=O) groups excluding carboxylic acids is 1. The number of anilines is 1. The molecule has 0 aliphatic heterocycles. The van der Waals surface area contributed by atoms with E-state index in [4.69, 9.17) is 9.47 Å². The van der Waals surface area contributed by atoms with Gasteiger partial charge in [-0.05, 0) is 61.1 Å². The van der Waals surface area contributed by atoms with Gasteiger partial charge in [-0.25, -0.2) is 8.42 Å². The van der Waals surface area contributed by atoms with Crippen molar-refractivity contribution in [2.24, 2.45) is 0 Å². The molecule has 0 radical (unpaired) electrons. The first kappa shape index (κ1) is 24.6.